The summed E-state index contributed by atoms with van der Waals surface area (Å²) in [6, 6.07) is -5.34. The average molecular weight is 1160 g/mol. The summed E-state index contributed by atoms with van der Waals surface area (Å²) in [4.78, 5) is 105. The van der Waals surface area contributed by atoms with Crippen LogP contribution in [0.15, 0.2) is 4.74 Å². The number of hydrogen-bond acceptors (Lipinski definition) is 19. The maximum atomic E-state index is 12.3. The number of carbonyl (C=O) groups excluding carboxylic acids is 5. The molecule has 0 radical (unpaired) electrons. The van der Waals surface area contributed by atoms with Gasteiger partial charge >= 0.3 is 23.9 Å². The zero-order valence-corrected chi connectivity index (χ0v) is 47.5. The first-order valence-electron chi connectivity index (χ1n) is 23.0. The zero-order chi connectivity index (χ0) is 54.1. The normalized spacial score (nSPS) is 21.6. The van der Waals surface area contributed by atoms with E-state index in [2.05, 4.69) is 106 Å². The zero-order valence-electron chi connectivity index (χ0n) is 39.5. The maximum Gasteiger partial charge on any atom is 0.326 e. The molecule has 3 rings (SSSR count). The van der Waals surface area contributed by atoms with Gasteiger partial charge in [-0.2, -0.15) is 37.9 Å². The summed E-state index contributed by atoms with van der Waals surface area (Å²) in [6.07, 6.45) is 8.38. The maximum absolute atomic E-state index is 12.3. The Morgan fingerprint density at radius 3 is 1.63 bits per heavy atom. The minimum Gasteiger partial charge on any atom is -0.480 e. The van der Waals surface area contributed by atoms with E-state index in [1.807, 2.05) is 0 Å². The van der Waals surface area contributed by atoms with E-state index in [1.165, 1.54) is 4.90 Å². The van der Waals surface area contributed by atoms with Crippen LogP contribution < -0.4 is 31.6 Å². The number of likely N-dealkylation sites (tertiary alicyclic amines) is 1. The molecule has 3 aliphatic rings. The highest BCUT2D eigenvalue weighted by molar-refractivity contribution is 7.99. The summed E-state index contributed by atoms with van der Waals surface area (Å²) >= 11 is 13.8. The predicted molar refractivity (Wildman–Crippen MR) is 293 cm³/mol. The summed E-state index contributed by atoms with van der Waals surface area (Å²) in [5.74, 6) is -2.92. The number of thioether (sulfide) groups is 1. The third-order valence-corrected chi connectivity index (χ3v) is 14.8. The number of fused-ring (bicyclic) bond motifs is 1. The summed E-state index contributed by atoms with van der Waals surface area (Å²) in [6.45, 7) is 0.524. The van der Waals surface area contributed by atoms with Gasteiger partial charge in [-0.15, -0.1) is 11.8 Å². The van der Waals surface area contributed by atoms with Crippen LogP contribution in [-0.2, 0) is 43.2 Å². The quantitative estimate of drug-likeness (QED) is 0.0238. The lowest BCUT2D eigenvalue weighted by molar-refractivity contribution is -0.166. The van der Waals surface area contributed by atoms with Crippen molar-refractivity contribution >= 4 is 141 Å². The second-order valence-electron chi connectivity index (χ2n) is 16.2. The fourth-order valence-corrected chi connectivity index (χ4v) is 10.6. The molecule has 0 aromatic heterocycles. The number of amides is 4. The Labute approximate surface area is 445 Å². The molecule has 13 unspecified atom stereocenters. The van der Waals surface area contributed by atoms with Crippen LogP contribution in [0.4, 0.5) is 0 Å². The van der Waals surface area contributed by atoms with E-state index in [4.69, 9.17) is 21.1 Å². The molecule has 4 amide bonds. The van der Waals surface area contributed by atoms with Gasteiger partial charge in [-0.05, 0) is 135 Å². The molecule has 0 saturated carbocycles. The number of aliphatic hydroxyl groups is 1. The Bertz CT molecular complexity index is 1700. The number of carboxylic acid groups (broad SMARTS) is 4. The largest absolute Gasteiger partial charge is 0.480 e. The first-order chi connectivity index (χ1) is 33.8. The van der Waals surface area contributed by atoms with Crippen molar-refractivity contribution in [1.29, 1.82) is 0 Å². The lowest BCUT2D eigenvalue weighted by atomic mass is 9.99. The van der Waals surface area contributed by atoms with Gasteiger partial charge in [0.1, 0.15) is 42.7 Å². The van der Waals surface area contributed by atoms with Crippen molar-refractivity contribution < 1.29 is 68.7 Å². The van der Waals surface area contributed by atoms with Gasteiger partial charge in [-0.3, -0.25) is 39.2 Å². The van der Waals surface area contributed by atoms with Crippen LogP contribution in [0.1, 0.15) is 103 Å². The van der Waals surface area contributed by atoms with Crippen molar-refractivity contribution in [2.45, 2.75) is 163 Å². The topological polar surface area (TPSA) is 360 Å². The molecule has 0 aromatic carbocycles. The molecule has 23 nitrogen and oxygen atoms in total. The minimum absolute atomic E-state index is 0.00997. The average Bonchev–Trinajstić information content (AvgIpc) is 3.51. The molecular weight excluding hydrogens is 1080 g/mol. The van der Waals surface area contributed by atoms with E-state index >= 15 is 0 Å². The van der Waals surface area contributed by atoms with Gasteiger partial charge in [0.2, 0.25) is 23.6 Å². The molecule has 31 heteroatoms. The fourth-order valence-electron chi connectivity index (χ4n) is 7.30. The van der Waals surface area contributed by atoms with E-state index in [0.717, 1.165) is 36.2 Å². The molecule has 0 aliphatic carbocycles. The number of aliphatic hydroxyl groups excluding tert-OH is 1. The third kappa shape index (κ3) is 25.9. The monoisotopic (exact) mass is 1160 g/mol. The Morgan fingerprint density at radius 1 is 0.718 bits per heavy atom. The van der Waals surface area contributed by atoms with E-state index in [9.17, 15) is 53.4 Å². The number of piperidine rings is 2. The molecule has 3 fully saturated rings. The second-order valence-corrected chi connectivity index (χ2v) is 20.1. The number of nitrogens with zero attached hydrogens (tertiary/aromatic N) is 3. The predicted octanol–water partition coefficient (Wildman–Crippen LogP) is 1.20. The number of nitrogens with two attached hydrogens (primary N) is 1. The molecule has 0 spiro atoms. The van der Waals surface area contributed by atoms with Gasteiger partial charge in [-0.1, -0.05) is 28.2 Å². The van der Waals surface area contributed by atoms with Gasteiger partial charge in [0.05, 0.1) is 23.5 Å². The van der Waals surface area contributed by atoms with Crippen molar-refractivity contribution in [2.24, 2.45) is 10.5 Å². The van der Waals surface area contributed by atoms with Crippen LogP contribution in [0.25, 0.3) is 0 Å². The number of aldehydes is 1. The van der Waals surface area contributed by atoms with Crippen molar-refractivity contribution in [3.63, 3.8) is 0 Å². The van der Waals surface area contributed by atoms with Gasteiger partial charge < -0.3 is 56.5 Å². The van der Waals surface area contributed by atoms with Crippen LogP contribution in [0.5, 0.6) is 0 Å². The van der Waals surface area contributed by atoms with Crippen molar-refractivity contribution in [3.8, 4) is 0 Å². The molecule has 408 valence electrons. The highest BCUT2D eigenvalue weighted by Gasteiger charge is 2.43. The molecule has 3 aliphatic heterocycles. The first-order valence-corrected chi connectivity index (χ1v) is 28.1. The lowest BCUT2D eigenvalue weighted by Crippen LogP contribution is -2.57. The number of nitrogens with one attached hydrogen (secondary N) is 5. The van der Waals surface area contributed by atoms with Gasteiger partial charge in [0.25, 0.3) is 0 Å². The molecule has 12 N–H and O–H groups in total. The summed E-state index contributed by atoms with van der Waals surface area (Å²) < 4.78 is 3.88. The first kappa shape index (κ1) is 69.0. The molecule has 0 aromatic rings. The SMILES string of the molecule is NCCCCC(NC(=O)C(CCS)NP)C(=O)O.O=C(O)C1CCCC(O)N1C(=O)C(CCS)NP.O=C(O)C1CCCC2SCCC(N=P)C(=O)N21.O=CCCCC(NC(=O)C(CCS)NP)C(=O)O. The van der Waals surface area contributed by atoms with Crippen LogP contribution in [0.3, 0.4) is 0 Å². The number of hydrogen-bond donors (Lipinski definition) is 14. The van der Waals surface area contributed by atoms with Crippen LogP contribution >= 0.6 is 86.9 Å². The van der Waals surface area contributed by atoms with Crippen molar-refractivity contribution in [2.75, 3.05) is 29.6 Å². The Hall–Kier alpha value is -1.98. The van der Waals surface area contributed by atoms with E-state index in [0.29, 0.717) is 101 Å². The summed E-state index contributed by atoms with van der Waals surface area (Å²) in [5.41, 5.74) is 5.35. The molecular formula is C40H75N9O14P4S4. The minimum atomic E-state index is -1.09. The number of unbranched alkanes of at least 4 members (excludes halogenated alkanes) is 2. The molecule has 13 atom stereocenters. The standard InChI is InChI=1S/C10H22N3O3PS.2C10H19N2O4PS.C10H15N2O3PS/c11-5-2-1-3-8(10(15)16)12-9(14)7(13-17)4-6-18;13-8-3-1-2-7(10(15)16)12(8)9(14)6(11-17)4-5-18;13-5-2-1-3-8(10(15)16)11-9(14)7(12-17)4-6-18;13-9-6(11-16)4-5-17-8-3-1-2-7(10(14)15)12(8)9/h7-8,13,18H,1-6,11,17H2,(H,12,14)(H,15,16);6-8,11,13,18H,1-5,17H2,(H,15,16);5,7-8,12,18H,1-4,6,17H2,(H,11,14)(H,15,16);6-8,16H,1-5H2,(H,14,15). The second kappa shape index (κ2) is 40.3. The molecule has 71 heavy (non-hydrogen) atoms. The van der Waals surface area contributed by atoms with Crippen LogP contribution in [0.2, 0.25) is 0 Å². The number of rotatable bonds is 27. The van der Waals surface area contributed by atoms with E-state index < -0.39 is 84.3 Å². The smallest absolute Gasteiger partial charge is 0.326 e. The molecule has 3 heterocycles. The van der Waals surface area contributed by atoms with Crippen LogP contribution in [-0.4, -0.2) is 179 Å². The van der Waals surface area contributed by atoms with E-state index in [-0.39, 0.29) is 29.5 Å². The third-order valence-electron chi connectivity index (χ3n) is 11.2. The summed E-state index contributed by atoms with van der Waals surface area (Å²) in [5, 5.41) is 59.4. The molecule has 3 saturated heterocycles. The van der Waals surface area contributed by atoms with Gasteiger partial charge in [0.15, 0.2) is 0 Å². The number of carbonyl (C=O) groups is 9. The summed E-state index contributed by atoms with van der Waals surface area (Å²) in [7, 11) is 9.76. The van der Waals surface area contributed by atoms with E-state index in [1.54, 1.807) is 11.8 Å². The van der Waals surface area contributed by atoms with Crippen molar-refractivity contribution in [3.05, 3.63) is 0 Å². The number of thiol groups is 3. The molecule has 0 bridgehead atoms. The van der Waals surface area contributed by atoms with Crippen LogP contribution in [0, 0.1) is 0 Å². The lowest BCUT2D eigenvalue weighted by Gasteiger charge is -2.39. The highest BCUT2D eigenvalue weighted by Crippen LogP contribution is 2.35. The number of aliphatic carboxylic acids is 4. The van der Waals surface area contributed by atoms with Gasteiger partial charge in [-0.25, -0.2) is 19.2 Å². The van der Waals surface area contributed by atoms with Gasteiger partial charge in [0, 0.05) is 6.42 Å². The Morgan fingerprint density at radius 2 is 1.20 bits per heavy atom. The fraction of sp³-hybridized carbons (Fsp3) is 0.775. The van der Waals surface area contributed by atoms with Crippen molar-refractivity contribution in [1.82, 2.24) is 35.7 Å². The number of carboxylic acids is 4. The Kier molecular flexibility index (Phi) is 39.2. The Balaban J connectivity index is 0.000000920. The highest BCUT2D eigenvalue weighted by atomic mass is 32.2.